The van der Waals surface area contributed by atoms with Gasteiger partial charge in [0, 0.05) is 5.02 Å². The van der Waals surface area contributed by atoms with Crippen LogP contribution in [0, 0.1) is 0 Å². The van der Waals surface area contributed by atoms with Crippen LogP contribution in [0.1, 0.15) is 51.1 Å². The molecule has 1 fully saturated rings. The zero-order valence-corrected chi connectivity index (χ0v) is 13.7. The first-order chi connectivity index (χ1) is 10.1. The SMILES string of the molecule is CCCN1CCCCC1C(=O)NC(C)c1ccc(Cl)cc1. The molecule has 1 saturated heterocycles. The third-order valence-electron chi connectivity index (χ3n) is 4.16. The van der Waals surface area contributed by atoms with Gasteiger partial charge in [-0.1, -0.05) is 37.1 Å². The molecular formula is C17H25ClN2O. The van der Waals surface area contributed by atoms with Crippen molar-refractivity contribution in [1.82, 2.24) is 10.2 Å². The van der Waals surface area contributed by atoms with E-state index in [-0.39, 0.29) is 18.0 Å². The summed E-state index contributed by atoms with van der Waals surface area (Å²) in [7, 11) is 0. The Balaban J connectivity index is 1.97. The highest BCUT2D eigenvalue weighted by Crippen LogP contribution is 2.20. The van der Waals surface area contributed by atoms with Gasteiger partial charge < -0.3 is 5.32 Å². The number of hydrogen-bond acceptors (Lipinski definition) is 2. The van der Waals surface area contributed by atoms with E-state index in [1.807, 2.05) is 31.2 Å². The second-order valence-corrected chi connectivity index (χ2v) is 6.27. The Morgan fingerprint density at radius 1 is 1.38 bits per heavy atom. The van der Waals surface area contributed by atoms with E-state index in [2.05, 4.69) is 17.1 Å². The minimum Gasteiger partial charge on any atom is -0.348 e. The van der Waals surface area contributed by atoms with Crippen molar-refractivity contribution in [2.75, 3.05) is 13.1 Å². The first-order valence-corrected chi connectivity index (χ1v) is 8.29. The summed E-state index contributed by atoms with van der Waals surface area (Å²) < 4.78 is 0. The molecule has 0 aromatic heterocycles. The maximum absolute atomic E-state index is 12.6. The van der Waals surface area contributed by atoms with Crippen molar-refractivity contribution in [3.63, 3.8) is 0 Å². The highest BCUT2D eigenvalue weighted by molar-refractivity contribution is 6.30. The highest BCUT2D eigenvalue weighted by Gasteiger charge is 2.28. The molecule has 0 bridgehead atoms. The Morgan fingerprint density at radius 3 is 2.76 bits per heavy atom. The molecule has 1 aliphatic rings. The lowest BCUT2D eigenvalue weighted by molar-refractivity contribution is -0.128. The molecule has 21 heavy (non-hydrogen) atoms. The van der Waals surface area contributed by atoms with Crippen molar-refractivity contribution in [2.24, 2.45) is 0 Å². The van der Waals surface area contributed by atoms with Crippen molar-refractivity contribution >= 4 is 17.5 Å². The van der Waals surface area contributed by atoms with E-state index in [1.54, 1.807) is 0 Å². The molecule has 0 saturated carbocycles. The summed E-state index contributed by atoms with van der Waals surface area (Å²) in [6, 6.07) is 7.72. The molecule has 0 radical (unpaired) electrons. The van der Waals surface area contributed by atoms with Crippen LogP contribution < -0.4 is 5.32 Å². The van der Waals surface area contributed by atoms with Crippen LogP contribution in [0.4, 0.5) is 0 Å². The number of carbonyl (C=O) groups is 1. The van der Waals surface area contributed by atoms with Gasteiger partial charge in [0.25, 0.3) is 0 Å². The summed E-state index contributed by atoms with van der Waals surface area (Å²) in [6.45, 7) is 6.24. The molecule has 1 aliphatic heterocycles. The Hall–Kier alpha value is -1.06. The van der Waals surface area contributed by atoms with Gasteiger partial charge in [0.15, 0.2) is 0 Å². The van der Waals surface area contributed by atoms with Gasteiger partial charge in [0.1, 0.15) is 0 Å². The van der Waals surface area contributed by atoms with Gasteiger partial charge in [-0.25, -0.2) is 0 Å². The van der Waals surface area contributed by atoms with Crippen molar-refractivity contribution in [3.05, 3.63) is 34.9 Å². The molecule has 0 spiro atoms. The number of nitrogens with one attached hydrogen (secondary N) is 1. The zero-order valence-electron chi connectivity index (χ0n) is 12.9. The fourth-order valence-corrected chi connectivity index (χ4v) is 3.11. The number of piperidine rings is 1. The lowest BCUT2D eigenvalue weighted by Crippen LogP contribution is -2.50. The molecule has 1 N–H and O–H groups in total. The van der Waals surface area contributed by atoms with Crippen LogP contribution in [0.25, 0.3) is 0 Å². The summed E-state index contributed by atoms with van der Waals surface area (Å²) in [5.74, 6) is 0.158. The number of carbonyl (C=O) groups excluding carboxylic acids is 1. The Bertz CT molecular complexity index is 458. The maximum atomic E-state index is 12.6. The fourth-order valence-electron chi connectivity index (χ4n) is 2.99. The summed E-state index contributed by atoms with van der Waals surface area (Å²) in [6.07, 6.45) is 4.42. The lowest BCUT2D eigenvalue weighted by Gasteiger charge is -2.35. The van der Waals surface area contributed by atoms with Crippen LogP contribution in [-0.4, -0.2) is 29.9 Å². The monoisotopic (exact) mass is 308 g/mol. The summed E-state index contributed by atoms with van der Waals surface area (Å²) in [5.41, 5.74) is 1.09. The molecule has 1 aromatic rings. The normalized spacial score (nSPS) is 21.0. The standard InChI is InChI=1S/C17H25ClN2O/c1-3-11-20-12-5-4-6-16(20)17(21)19-13(2)14-7-9-15(18)10-8-14/h7-10,13,16H,3-6,11-12H2,1-2H3,(H,19,21). The van der Waals surface area contributed by atoms with Gasteiger partial charge in [0.05, 0.1) is 12.1 Å². The topological polar surface area (TPSA) is 32.3 Å². The summed E-state index contributed by atoms with van der Waals surface area (Å²) in [4.78, 5) is 14.9. The van der Waals surface area contributed by atoms with Gasteiger partial charge >= 0.3 is 0 Å². The molecule has 1 aromatic carbocycles. The predicted molar refractivity (Wildman–Crippen MR) is 87.5 cm³/mol. The summed E-state index contributed by atoms with van der Waals surface area (Å²) >= 11 is 5.90. The molecule has 2 unspecified atom stereocenters. The molecule has 2 rings (SSSR count). The minimum atomic E-state index is 0.0140. The van der Waals surface area contributed by atoms with Crippen LogP contribution in [0.5, 0.6) is 0 Å². The van der Waals surface area contributed by atoms with Crippen molar-refractivity contribution in [1.29, 1.82) is 0 Å². The number of likely N-dealkylation sites (tertiary alicyclic amines) is 1. The second-order valence-electron chi connectivity index (χ2n) is 5.83. The molecule has 4 heteroatoms. The van der Waals surface area contributed by atoms with E-state index in [0.29, 0.717) is 0 Å². The first-order valence-electron chi connectivity index (χ1n) is 7.91. The van der Waals surface area contributed by atoms with E-state index < -0.39 is 0 Å². The van der Waals surface area contributed by atoms with Crippen LogP contribution >= 0.6 is 11.6 Å². The smallest absolute Gasteiger partial charge is 0.237 e. The molecule has 1 heterocycles. The van der Waals surface area contributed by atoms with Crippen LogP contribution in [0.15, 0.2) is 24.3 Å². The molecule has 3 nitrogen and oxygen atoms in total. The molecule has 2 atom stereocenters. The third-order valence-corrected chi connectivity index (χ3v) is 4.41. The number of benzene rings is 1. The third kappa shape index (κ3) is 4.45. The summed E-state index contributed by atoms with van der Waals surface area (Å²) in [5, 5.41) is 3.87. The number of nitrogens with zero attached hydrogens (tertiary/aromatic N) is 1. The lowest BCUT2D eigenvalue weighted by atomic mass is 10.00. The molecular weight excluding hydrogens is 284 g/mol. The Kier molecular flexibility index (Phi) is 6.07. The predicted octanol–water partition coefficient (Wildman–Crippen LogP) is 3.78. The largest absolute Gasteiger partial charge is 0.348 e. The van der Waals surface area contributed by atoms with Gasteiger partial charge in [-0.15, -0.1) is 0 Å². The highest BCUT2D eigenvalue weighted by atomic mass is 35.5. The van der Waals surface area contributed by atoms with E-state index in [1.165, 1.54) is 6.42 Å². The maximum Gasteiger partial charge on any atom is 0.237 e. The van der Waals surface area contributed by atoms with Crippen LogP contribution in [0.3, 0.4) is 0 Å². The number of hydrogen-bond donors (Lipinski definition) is 1. The van der Waals surface area contributed by atoms with Crippen molar-refractivity contribution < 1.29 is 4.79 Å². The average Bonchev–Trinajstić information content (AvgIpc) is 2.48. The Morgan fingerprint density at radius 2 is 2.10 bits per heavy atom. The first kappa shape index (κ1) is 16.3. The average molecular weight is 309 g/mol. The molecule has 1 amide bonds. The van der Waals surface area contributed by atoms with Gasteiger partial charge in [-0.2, -0.15) is 0 Å². The van der Waals surface area contributed by atoms with Gasteiger partial charge in [0.2, 0.25) is 5.91 Å². The second kappa shape index (κ2) is 7.81. The van der Waals surface area contributed by atoms with Crippen molar-refractivity contribution in [2.45, 2.75) is 51.6 Å². The fraction of sp³-hybridized carbons (Fsp3) is 0.588. The quantitative estimate of drug-likeness (QED) is 0.897. The van der Waals surface area contributed by atoms with E-state index in [0.717, 1.165) is 42.9 Å². The van der Waals surface area contributed by atoms with Crippen LogP contribution in [-0.2, 0) is 4.79 Å². The number of amides is 1. The Labute approximate surface area is 132 Å². The number of rotatable bonds is 5. The minimum absolute atomic E-state index is 0.0140. The van der Waals surface area contributed by atoms with Gasteiger partial charge in [-0.3, -0.25) is 9.69 Å². The van der Waals surface area contributed by atoms with Gasteiger partial charge in [-0.05, 0) is 57.0 Å². The molecule has 116 valence electrons. The van der Waals surface area contributed by atoms with E-state index >= 15 is 0 Å². The van der Waals surface area contributed by atoms with Crippen molar-refractivity contribution in [3.8, 4) is 0 Å². The van der Waals surface area contributed by atoms with E-state index in [4.69, 9.17) is 11.6 Å². The van der Waals surface area contributed by atoms with Crippen LogP contribution in [0.2, 0.25) is 5.02 Å². The molecule has 0 aliphatic carbocycles. The van der Waals surface area contributed by atoms with E-state index in [9.17, 15) is 4.79 Å². The zero-order chi connectivity index (χ0) is 15.2. The number of halogens is 1.